The Morgan fingerprint density at radius 3 is 3.19 bits per heavy atom. The summed E-state index contributed by atoms with van der Waals surface area (Å²) in [7, 11) is 0. The maximum Gasteiger partial charge on any atom is 0.328 e. The minimum atomic E-state index is -0.891. The molecule has 0 atom stereocenters. The monoisotopic (exact) mass is 222 g/mol. The topological polar surface area (TPSA) is 71.2 Å². The van der Waals surface area contributed by atoms with Gasteiger partial charge in [-0.25, -0.2) is 4.79 Å². The van der Waals surface area contributed by atoms with Crippen molar-refractivity contribution in [1.29, 1.82) is 0 Å². The Bertz CT molecular complexity index is 424. The molecule has 1 aromatic heterocycles. The second-order valence-corrected chi connectivity index (χ2v) is 3.98. The summed E-state index contributed by atoms with van der Waals surface area (Å²) in [4.78, 5) is 12.7. The molecule has 0 amide bonds. The van der Waals surface area contributed by atoms with Crippen LogP contribution in [0.15, 0.2) is 18.0 Å². The Hall–Kier alpha value is -1.69. The molecule has 0 saturated heterocycles. The number of carbonyl (C=O) groups is 1. The van der Waals surface area contributed by atoms with Crippen LogP contribution in [-0.4, -0.2) is 43.8 Å². The van der Waals surface area contributed by atoms with Crippen molar-refractivity contribution in [1.82, 2.24) is 19.7 Å². The van der Waals surface area contributed by atoms with Crippen LogP contribution in [-0.2, 0) is 17.9 Å². The molecule has 6 heteroatoms. The summed E-state index contributed by atoms with van der Waals surface area (Å²) in [5.74, 6) is 0.0482. The number of nitrogens with zero attached hydrogens (tertiary/aromatic N) is 4. The van der Waals surface area contributed by atoms with E-state index in [0.29, 0.717) is 6.54 Å². The molecule has 0 radical (unpaired) electrons. The van der Waals surface area contributed by atoms with Gasteiger partial charge in [0.1, 0.15) is 12.2 Å². The number of rotatable bonds is 3. The van der Waals surface area contributed by atoms with E-state index in [9.17, 15) is 4.79 Å². The van der Waals surface area contributed by atoms with Gasteiger partial charge in [-0.3, -0.25) is 4.90 Å². The second-order valence-electron chi connectivity index (χ2n) is 3.98. The standard InChI is InChI=1S/C10H14N4O2/c1-8(4-10(15)16)5-13-2-3-14-7-11-12-9(14)6-13/h4,7H,2-3,5-6H2,1H3,(H,15,16). The van der Waals surface area contributed by atoms with Crippen LogP contribution in [0.5, 0.6) is 0 Å². The largest absolute Gasteiger partial charge is 0.478 e. The summed E-state index contributed by atoms with van der Waals surface area (Å²) in [5, 5.41) is 16.5. The lowest BCUT2D eigenvalue weighted by atomic mass is 10.2. The number of hydrogen-bond acceptors (Lipinski definition) is 4. The summed E-state index contributed by atoms with van der Waals surface area (Å²) in [5.41, 5.74) is 0.848. The Labute approximate surface area is 93.2 Å². The van der Waals surface area contributed by atoms with Gasteiger partial charge >= 0.3 is 5.97 Å². The van der Waals surface area contributed by atoms with Gasteiger partial charge in [-0.2, -0.15) is 0 Å². The van der Waals surface area contributed by atoms with E-state index in [1.165, 1.54) is 6.08 Å². The van der Waals surface area contributed by atoms with Crippen LogP contribution >= 0.6 is 0 Å². The Kier molecular flexibility index (Phi) is 3.00. The van der Waals surface area contributed by atoms with E-state index in [0.717, 1.165) is 31.0 Å². The number of carboxylic acid groups (broad SMARTS) is 1. The Morgan fingerprint density at radius 2 is 2.44 bits per heavy atom. The van der Waals surface area contributed by atoms with Gasteiger partial charge in [-0.05, 0) is 6.92 Å². The first-order valence-electron chi connectivity index (χ1n) is 5.14. The van der Waals surface area contributed by atoms with Gasteiger partial charge in [0.15, 0.2) is 0 Å². The van der Waals surface area contributed by atoms with Gasteiger partial charge in [0, 0.05) is 25.7 Å². The molecule has 1 aliphatic heterocycles. The third kappa shape index (κ3) is 2.46. The van der Waals surface area contributed by atoms with E-state index >= 15 is 0 Å². The van der Waals surface area contributed by atoms with E-state index in [-0.39, 0.29) is 0 Å². The van der Waals surface area contributed by atoms with Crippen molar-refractivity contribution in [2.75, 3.05) is 13.1 Å². The minimum absolute atomic E-state index is 0.666. The molecular formula is C10H14N4O2. The van der Waals surface area contributed by atoms with E-state index in [1.54, 1.807) is 6.33 Å². The van der Waals surface area contributed by atoms with Crippen molar-refractivity contribution < 1.29 is 9.90 Å². The molecule has 0 bridgehead atoms. The lowest BCUT2D eigenvalue weighted by Gasteiger charge is -2.26. The molecule has 2 rings (SSSR count). The molecule has 1 aliphatic rings. The van der Waals surface area contributed by atoms with Crippen LogP contribution in [0.1, 0.15) is 12.7 Å². The normalized spacial score (nSPS) is 17.2. The zero-order chi connectivity index (χ0) is 11.5. The van der Waals surface area contributed by atoms with Crippen molar-refractivity contribution in [2.24, 2.45) is 0 Å². The fraction of sp³-hybridized carbons (Fsp3) is 0.500. The van der Waals surface area contributed by atoms with Crippen molar-refractivity contribution in [3.8, 4) is 0 Å². The minimum Gasteiger partial charge on any atom is -0.478 e. The van der Waals surface area contributed by atoms with Crippen molar-refractivity contribution in [3.05, 3.63) is 23.8 Å². The summed E-state index contributed by atoms with van der Waals surface area (Å²) in [6, 6.07) is 0. The van der Waals surface area contributed by atoms with Gasteiger partial charge in [0.25, 0.3) is 0 Å². The van der Waals surface area contributed by atoms with Crippen LogP contribution in [0.3, 0.4) is 0 Å². The number of hydrogen-bond donors (Lipinski definition) is 1. The van der Waals surface area contributed by atoms with Gasteiger partial charge in [-0.15, -0.1) is 10.2 Å². The van der Waals surface area contributed by atoms with E-state index in [2.05, 4.69) is 15.1 Å². The number of aliphatic carboxylic acids is 1. The highest BCUT2D eigenvalue weighted by atomic mass is 16.4. The smallest absolute Gasteiger partial charge is 0.328 e. The van der Waals surface area contributed by atoms with Crippen LogP contribution in [0, 0.1) is 0 Å². The number of carboxylic acids is 1. The molecule has 6 nitrogen and oxygen atoms in total. The maximum atomic E-state index is 10.5. The highest BCUT2D eigenvalue weighted by molar-refractivity contribution is 5.80. The molecule has 0 saturated carbocycles. The van der Waals surface area contributed by atoms with E-state index < -0.39 is 5.97 Å². The SMILES string of the molecule is CC(=CC(=O)O)CN1CCn2cnnc2C1. The quantitative estimate of drug-likeness (QED) is 0.736. The molecule has 0 aromatic carbocycles. The highest BCUT2D eigenvalue weighted by Crippen LogP contribution is 2.10. The fourth-order valence-corrected chi connectivity index (χ4v) is 1.86. The van der Waals surface area contributed by atoms with Crippen molar-refractivity contribution in [2.45, 2.75) is 20.0 Å². The number of aromatic nitrogens is 3. The molecule has 0 unspecified atom stereocenters. The Balaban J connectivity index is 1.97. The van der Waals surface area contributed by atoms with Gasteiger partial charge in [-0.1, -0.05) is 5.57 Å². The third-order valence-corrected chi connectivity index (χ3v) is 2.56. The molecule has 16 heavy (non-hydrogen) atoms. The van der Waals surface area contributed by atoms with Gasteiger partial charge in [0.2, 0.25) is 0 Å². The molecule has 0 fully saturated rings. The summed E-state index contributed by atoms with van der Waals surface area (Å²) in [6.07, 6.45) is 2.98. The first-order chi connectivity index (χ1) is 7.65. The number of fused-ring (bicyclic) bond motifs is 1. The fourth-order valence-electron chi connectivity index (χ4n) is 1.86. The van der Waals surface area contributed by atoms with Crippen molar-refractivity contribution >= 4 is 5.97 Å². The van der Waals surface area contributed by atoms with E-state index in [1.807, 2.05) is 11.5 Å². The molecule has 1 N–H and O–H groups in total. The molecule has 1 aromatic rings. The summed E-state index contributed by atoms with van der Waals surface area (Å²) < 4.78 is 2.02. The van der Waals surface area contributed by atoms with Gasteiger partial charge in [0.05, 0.1) is 6.54 Å². The average molecular weight is 222 g/mol. The van der Waals surface area contributed by atoms with Gasteiger partial charge < -0.3 is 9.67 Å². The second kappa shape index (κ2) is 4.44. The maximum absolute atomic E-state index is 10.5. The average Bonchev–Trinajstić information content (AvgIpc) is 2.63. The first-order valence-corrected chi connectivity index (χ1v) is 5.14. The third-order valence-electron chi connectivity index (χ3n) is 2.56. The summed E-state index contributed by atoms with van der Waals surface area (Å²) >= 11 is 0. The van der Waals surface area contributed by atoms with Crippen molar-refractivity contribution in [3.63, 3.8) is 0 Å². The van der Waals surface area contributed by atoms with Crippen LogP contribution in [0.4, 0.5) is 0 Å². The highest BCUT2D eigenvalue weighted by Gasteiger charge is 2.17. The van der Waals surface area contributed by atoms with Crippen LogP contribution < -0.4 is 0 Å². The molecule has 2 heterocycles. The predicted molar refractivity (Wildman–Crippen MR) is 56.7 cm³/mol. The zero-order valence-corrected chi connectivity index (χ0v) is 9.13. The molecular weight excluding hydrogens is 208 g/mol. The molecule has 0 aliphatic carbocycles. The lowest BCUT2D eigenvalue weighted by molar-refractivity contribution is -0.131. The lowest BCUT2D eigenvalue weighted by Crippen LogP contribution is -2.34. The first kappa shape index (κ1) is 10.8. The predicted octanol–water partition coefficient (Wildman–Crippen LogP) is 0.125. The summed E-state index contributed by atoms with van der Waals surface area (Å²) in [6.45, 7) is 4.98. The Morgan fingerprint density at radius 1 is 1.62 bits per heavy atom. The van der Waals surface area contributed by atoms with Crippen LogP contribution in [0.2, 0.25) is 0 Å². The molecule has 86 valence electrons. The zero-order valence-electron chi connectivity index (χ0n) is 9.13. The van der Waals surface area contributed by atoms with Crippen LogP contribution in [0.25, 0.3) is 0 Å². The molecule has 0 spiro atoms. The van der Waals surface area contributed by atoms with E-state index in [4.69, 9.17) is 5.11 Å².